The van der Waals surface area contributed by atoms with Crippen molar-refractivity contribution in [3.63, 3.8) is 0 Å². The lowest BCUT2D eigenvalue weighted by Gasteiger charge is -2.30. The molecular weight excluding hydrogens is 464 g/mol. The number of hydrogen-bond donors (Lipinski definition) is 3. The number of carbonyl (C=O) groups excluding carboxylic acids is 1. The van der Waals surface area contributed by atoms with E-state index in [1.165, 1.54) is 19.2 Å². The molecule has 1 aromatic heterocycles. The Morgan fingerprint density at radius 2 is 1.94 bits per heavy atom. The molecule has 0 radical (unpaired) electrons. The summed E-state index contributed by atoms with van der Waals surface area (Å²) in [4.78, 5) is 16.4. The lowest BCUT2D eigenvalue weighted by Crippen LogP contribution is -2.28. The van der Waals surface area contributed by atoms with Crippen LogP contribution < -0.4 is 10.0 Å². The first-order valence-electron chi connectivity index (χ1n) is 11.1. The number of aromatic nitrogens is 2. The monoisotopic (exact) mass is 495 g/mol. The number of sulfonamides is 1. The van der Waals surface area contributed by atoms with Crippen LogP contribution in [0, 0.1) is 11.3 Å². The van der Waals surface area contributed by atoms with Crippen molar-refractivity contribution in [2.75, 3.05) is 7.05 Å². The molecule has 3 N–H and O–H groups in total. The van der Waals surface area contributed by atoms with Gasteiger partial charge in [0, 0.05) is 44.3 Å². The molecule has 3 rings (SSSR count). The number of alkyl halides is 2. The summed E-state index contributed by atoms with van der Waals surface area (Å²) in [6.07, 6.45) is 2.33. The molecule has 1 saturated carbocycles. The Morgan fingerprint density at radius 3 is 2.50 bits per heavy atom. The molecule has 1 aromatic carbocycles. The first-order chi connectivity index (χ1) is 15.8. The zero-order valence-electron chi connectivity index (χ0n) is 19.8. The van der Waals surface area contributed by atoms with E-state index in [9.17, 15) is 22.0 Å². The predicted molar refractivity (Wildman–Crippen MR) is 127 cm³/mol. The van der Waals surface area contributed by atoms with Gasteiger partial charge in [-0.15, -0.1) is 0 Å². The van der Waals surface area contributed by atoms with E-state index in [4.69, 9.17) is 10.4 Å². The van der Waals surface area contributed by atoms with E-state index in [1.807, 2.05) is 25.3 Å². The standard InChI is InChI=1S/C23H31F2N5O3S/c1-22(2,3)21-29-18-11-17(34(32,33)28-13-16(12-26)20(31)27-4)5-6-19(18)30(21)14-15-7-9-23(24,25)10-8-15/h5-6,11-13,15,26,28H,7-10,14H2,1-4H3,(H,27,31)/b16-13+,26-12?. The van der Waals surface area contributed by atoms with Gasteiger partial charge in [-0.2, -0.15) is 0 Å². The normalized spacial score (nSPS) is 17.5. The molecule has 2 aromatic rings. The van der Waals surface area contributed by atoms with Crippen molar-refractivity contribution in [1.82, 2.24) is 19.6 Å². The highest BCUT2D eigenvalue weighted by atomic mass is 32.2. The fraction of sp³-hybridized carbons (Fsp3) is 0.522. The predicted octanol–water partition coefficient (Wildman–Crippen LogP) is 3.72. The van der Waals surface area contributed by atoms with E-state index in [2.05, 4.69) is 10.0 Å². The SMILES string of the molecule is CNC(=O)/C(C=N)=C/NS(=O)(=O)c1ccc2c(c1)nc(C(C)(C)C)n2CC1CCC(F)(F)CC1. The van der Waals surface area contributed by atoms with Gasteiger partial charge >= 0.3 is 0 Å². The number of fused-ring (bicyclic) bond motifs is 1. The number of amides is 1. The minimum Gasteiger partial charge on any atom is -0.355 e. The number of rotatable bonds is 7. The molecule has 0 atom stereocenters. The molecule has 1 heterocycles. The second-order valence-electron chi connectivity index (χ2n) is 9.69. The first-order valence-corrected chi connectivity index (χ1v) is 12.6. The molecule has 0 spiro atoms. The molecule has 1 fully saturated rings. The van der Waals surface area contributed by atoms with Crippen molar-refractivity contribution in [3.8, 4) is 0 Å². The number of halogens is 2. The molecule has 8 nitrogen and oxygen atoms in total. The Labute approximate surface area is 198 Å². The molecule has 186 valence electrons. The van der Waals surface area contributed by atoms with E-state index < -0.39 is 21.9 Å². The second kappa shape index (κ2) is 9.44. The minimum atomic E-state index is -4.02. The van der Waals surface area contributed by atoms with Crippen molar-refractivity contribution in [2.45, 2.75) is 69.2 Å². The summed E-state index contributed by atoms with van der Waals surface area (Å²) in [5.41, 5.74) is 0.729. The molecule has 0 unspecified atom stereocenters. The van der Waals surface area contributed by atoms with E-state index >= 15 is 0 Å². The molecule has 1 amide bonds. The number of carbonyl (C=O) groups is 1. The molecule has 0 saturated heterocycles. The summed E-state index contributed by atoms with van der Waals surface area (Å²) in [6.45, 7) is 6.55. The van der Waals surface area contributed by atoms with Gasteiger partial charge in [0.2, 0.25) is 5.92 Å². The third-order valence-electron chi connectivity index (χ3n) is 5.99. The quantitative estimate of drug-likeness (QED) is 0.401. The Morgan fingerprint density at radius 1 is 1.29 bits per heavy atom. The average molecular weight is 496 g/mol. The van der Waals surface area contributed by atoms with Crippen LogP contribution in [-0.4, -0.2) is 43.1 Å². The van der Waals surface area contributed by atoms with Crippen LogP contribution in [0.3, 0.4) is 0 Å². The number of hydrogen-bond acceptors (Lipinski definition) is 5. The molecule has 1 aliphatic rings. The van der Waals surface area contributed by atoms with Crippen LogP contribution >= 0.6 is 0 Å². The van der Waals surface area contributed by atoms with Crippen molar-refractivity contribution < 1.29 is 22.0 Å². The summed E-state index contributed by atoms with van der Waals surface area (Å²) in [5, 5.41) is 9.61. The smallest absolute Gasteiger partial charge is 0.261 e. The van der Waals surface area contributed by atoms with Crippen molar-refractivity contribution >= 4 is 33.2 Å². The summed E-state index contributed by atoms with van der Waals surface area (Å²) in [6, 6.07) is 4.57. The summed E-state index contributed by atoms with van der Waals surface area (Å²) in [7, 11) is -2.64. The van der Waals surface area contributed by atoms with Crippen molar-refractivity contribution in [1.29, 1.82) is 5.41 Å². The van der Waals surface area contributed by atoms with Gasteiger partial charge < -0.3 is 15.3 Å². The Bertz CT molecular complexity index is 1220. The molecule has 11 heteroatoms. The van der Waals surface area contributed by atoms with Gasteiger partial charge in [-0.05, 0) is 37.0 Å². The van der Waals surface area contributed by atoms with E-state index in [0.717, 1.165) is 23.8 Å². The van der Waals surface area contributed by atoms with E-state index in [-0.39, 0.29) is 34.6 Å². The number of nitrogens with one attached hydrogen (secondary N) is 3. The zero-order chi connectivity index (χ0) is 25.3. The summed E-state index contributed by atoms with van der Waals surface area (Å²) in [5.74, 6) is -2.34. The van der Waals surface area contributed by atoms with Crippen molar-refractivity contribution in [3.05, 3.63) is 35.8 Å². The lowest BCUT2D eigenvalue weighted by atomic mass is 9.86. The van der Waals surface area contributed by atoms with Crippen LogP contribution in [0.5, 0.6) is 0 Å². The van der Waals surface area contributed by atoms with Crippen LogP contribution in [0.25, 0.3) is 11.0 Å². The van der Waals surface area contributed by atoms with Gasteiger partial charge in [-0.3, -0.25) is 9.52 Å². The Kier molecular flexibility index (Phi) is 7.16. The third-order valence-corrected chi connectivity index (χ3v) is 7.30. The Hall–Kier alpha value is -2.82. The highest BCUT2D eigenvalue weighted by molar-refractivity contribution is 7.89. The fourth-order valence-corrected chi connectivity index (χ4v) is 5.03. The zero-order valence-corrected chi connectivity index (χ0v) is 20.6. The number of imidazole rings is 1. The lowest BCUT2D eigenvalue weighted by molar-refractivity contribution is -0.116. The van der Waals surface area contributed by atoms with E-state index in [0.29, 0.717) is 24.9 Å². The van der Waals surface area contributed by atoms with Crippen LogP contribution in [-0.2, 0) is 26.8 Å². The molecule has 0 bridgehead atoms. The highest BCUT2D eigenvalue weighted by Crippen LogP contribution is 2.38. The van der Waals surface area contributed by atoms with Crippen LogP contribution in [0.2, 0.25) is 0 Å². The maximum absolute atomic E-state index is 13.6. The molecule has 1 aliphatic carbocycles. The van der Waals surface area contributed by atoms with Gasteiger partial charge in [-0.25, -0.2) is 22.2 Å². The maximum Gasteiger partial charge on any atom is 0.261 e. The van der Waals surface area contributed by atoms with Crippen LogP contribution in [0.4, 0.5) is 8.78 Å². The van der Waals surface area contributed by atoms with Crippen LogP contribution in [0.1, 0.15) is 52.3 Å². The molecular formula is C23H31F2N5O3S. The van der Waals surface area contributed by atoms with Gasteiger partial charge in [-0.1, -0.05) is 20.8 Å². The summed E-state index contributed by atoms with van der Waals surface area (Å²) < 4.78 is 57.1. The average Bonchev–Trinajstić information content (AvgIpc) is 3.13. The Balaban J connectivity index is 1.96. The second-order valence-corrected chi connectivity index (χ2v) is 11.4. The number of benzene rings is 1. The fourth-order valence-electron chi connectivity index (χ4n) is 4.10. The number of likely N-dealkylation sites (N-methyl/N-ethyl adjacent to an activating group) is 1. The van der Waals surface area contributed by atoms with Crippen LogP contribution in [0.15, 0.2) is 34.9 Å². The first kappa shape index (κ1) is 25.8. The topological polar surface area (TPSA) is 117 Å². The van der Waals surface area contributed by atoms with Gasteiger partial charge in [0.25, 0.3) is 15.9 Å². The summed E-state index contributed by atoms with van der Waals surface area (Å²) >= 11 is 0. The largest absolute Gasteiger partial charge is 0.355 e. The number of nitrogens with zero attached hydrogens (tertiary/aromatic N) is 2. The molecule has 34 heavy (non-hydrogen) atoms. The maximum atomic E-state index is 13.6. The van der Waals surface area contributed by atoms with Gasteiger partial charge in [0.1, 0.15) is 5.82 Å². The highest BCUT2D eigenvalue weighted by Gasteiger charge is 2.36. The van der Waals surface area contributed by atoms with E-state index in [1.54, 1.807) is 6.07 Å². The molecule has 0 aliphatic heterocycles. The third kappa shape index (κ3) is 5.63. The van der Waals surface area contributed by atoms with Gasteiger partial charge in [0.05, 0.1) is 21.5 Å². The van der Waals surface area contributed by atoms with Gasteiger partial charge in [0.15, 0.2) is 0 Å². The minimum absolute atomic E-state index is 0.0418. The van der Waals surface area contributed by atoms with Crippen molar-refractivity contribution in [2.24, 2.45) is 5.92 Å².